The fourth-order valence-corrected chi connectivity index (χ4v) is 4.84. The summed E-state index contributed by atoms with van der Waals surface area (Å²) in [5.41, 5.74) is 2.90. The van der Waals surface area contributed by atoms with Gasteiger partial charge in [-0.3, -0.25) is 9.59 Å². The van der Waals surface area contributed by atoms with Gasteiger partial charge in [0.15, 0.2) is 0 Å². The summed E-state index contributed by atoms with van der Waals surface area (Å²) in [5, 5.41) is 21.3. The number of fused-ring (bicyclic) bond motifs is 2. The van der Waals surface area contributed by atoms with Crippen molar-refractivity contribution < 1.29 is 33.0 Å². The standard InChI is InChI=1S/C24H25F3N4O2.CH2O2/c1-13-9-29-21-17(13)8-15(10-30-21)14-6-16-11-31(22(32)23(2,33)24(25,26)27)12-19(16)18(7-14)20-4-3-5-28-20;2-1-3/h6-10,20,28,33H,3-5,11-12H2,1-2H3,(H,29,30);1H,(H,2,3). The lowest BCUT2D eigenvalue weighted by atomic mass is 9.91. The molecule has 1 aromatic carbocycles. The van der Waals surface area contributed by atoms with Gasteiger partial charge in [0.25, 0.3) is 12.4 Å². The lowest BCUT2D eigenvalue weighted by molar-refractivity contribution is -0.250. The van der Waals surface area contributed by atoms with Crippen LogP contribution in [-0.4, -0.2) is 55.8 Å². The second-order valence-corrected chi connectivity index (χ2v) is 9.28. The van der Waals surface area contributed by atoms with E-state index in [0.29, 0.717) is 6.92 Å². The molecule has 1 amide bonds. The molecule has 2 aliphatic rings. The summed E-state index contributed by atoms with van der Waals surface area (Å²) in [6, 6.07) is 6.10. The third kappa shape index (κ3) is 4.56. The third-order valence-corrected chi connectivity index (χ3v) is 6.85. The number of aromatic amines is 1. The molecule has 2 aliphatic heterocycles. The molecule has 1 fully saturated rings. The molecule has 11 heteroatoms. The summed E-state index contributed by atoms with van der Waals surface area (Å²) in [5.74, 6) is -1.33. The number of carboxylic acid groups (broad SMARTS) is 1. The van der Waals surface area contributed by atoms with Crippen LogP contribution in [0.3, 0.4) is 0 Å². The van der Waals surface area contributed by atoms with Crippen molar-refractivity contribution in [3.05, 3.63) is 52.8 Å². The molecule has 3 aromatic rings. The Morgan fingerprint density at radius 2 is 1.94 bits per heavy atom. The Labute approximate surface area is 205 Å². The molecular formula is C25H27F3N4O4. The van der Waals surface area contributed by atoms with Crippen molar-refractivity contribution >= 4 is 23.4 Å². The fraction of sp³-hybridized carbons (Fsp3) is 0.400. The average Bonchev–Trinajstić information content (AvgIpc) is 3.57. The van der Waals surface area contributed by atoms with Gasteiger partial charge in [0, 0.05) is 42.5 Å². The van der Waals surface area contributed by atoms with E-state index in [-0.39, 0.29) is 25.6 Å². The first-order valence-electron chi connectivity index (χ1n) is 11.5. The molecule has 8 nitrogen and oxygen atoms in total. The summed E-state index contributed by atoms with van der Waals surface area (Å²) in [4.78, 5) is 29.7. The third-order valence-electron chi connectivity index (χ3n) is 6.85. The van der Waals surface area contributed by atoms with Crippen LogP contribution in [-0.2, 0) is 22.7 Å². The average molecular weight is 505 g/mol. The minimum Gasteiger partial charge on any atom is -0.483 e. The number of benzene rings is 1. The number of nitrogens with zero attached hydrogens (tertiary/aromatic N) is 2. The van der Waals surface area contributed by atoms with Crippen LogP contribution in [0.2, 0.25) is 0 Å². The van der Waals surface area contributed by atoms with Crippen molar-refractivity contribution in [2.24, 2.45) is 0 Å². The molecule has 36 heavy (non-hydrogen) atoms. The SMILES string of the molecule is Cc1c[nH]c2ncc(-c3cc4c(c(C5CCCN5)c3)CN(C(=O)C(C)(O)C(F)(F)F)C4)cc12.O=CO. The number of hydrogen-bond donors (Lipinski definition) is 4. The van der Waals surface area contributed by atoms with Crippen LogP contribution in [0.4, 0.5) is 13.2 Å². The molecule has 5 rings (SSSR count). The normalized spacial score (nSPS) is 18.9. The number of hydrogen-bond acceptors (Lipinski definition) is 5. The van der Waals surface area contributed by atoms with Crippen LogP contribution in [0.15, 0.2) is 30.6 Å². The molecule has 2 unspecified atom stereocenters. The smallest absolute Gasteiger partial charge is 0.426 e. The van der Waals surface area contributed by atoms with Crippen molar-refractivity contribution in [1.82, 2.24) is 20.2 Å². The van der Waals surface area contributed by atoms with Crippen molar-refractivity contribution in [2.45, 2.75) is 57.6 Å². The number of carbonyl (C=O) groups excluding carboxylic acids is 1. The van der Waals surface area contributed by atoms with E-state index in [2.05, 4.69) is 21.4 Å². The highest BCUT2D eigenvalue weighted by Crippen LogP contribution is 2.40. The Bertz CT molecular complexity index is 1300. The Balaban J connectivity index is 0.000000967. The van der Waals surface area contributed by atoms with E-state index in [1.807, 2.05) is 25.3 Å². The summed E-state index contributed by atoms with van der Waals surface area (Å²) >= 11 is 0. The van der Waals surface area contributed by atoms with Crippen molar-refractivity contribution in [2.75, 3.05) is 6.54 Å². The van der Waals surface area contributed by atoms with Crippen molar-refractivity contribution in [3.63, 3.8) is 0 Å². The van der Waals surface area contributed by atoms with Gasteiger partial charge in [-0.15, -0.1) is 0 Å². The molecule has 2 atom stereocenters. The maximum absolute atomic E-state index is 13.3. The first-order chi connectivity index (χ1) is 17.0. The quantitative estimate of drug-likeness (QED) is 0.403. The van der Waals surface area contributed by atoms with Gasteiger partial charge < -0.3 is 25.4 Å². The van der Waals surface area contributed by atoms with Crippen LogP contribution in [0, 0.1) is 6.92 Å². The molecule has 2 aromatic heterocycles. The Hall–Kier alpha value is -3.44. The first-order valence-corrected chi connectivity index (χ1v) is 11.5. The zero-order valence-electron chi connectivity index (χ0n) is 19.8. The van der Waals surface area contributed by atoms with E-state index < -0.39 is 17.7 Å². The monoisotopic (exact) mass is 504 g/mol. The van der Waals surface area contributed by atoms with Gasteiger partial charge in [0.05, 0.1) is 0 Å². The predicted molar refractivity (Wildman–Crippen MR) is 126 cm³/mol. The number of amides is 1. The molecule has 0 spiro atoms. The summed E-state index contributed by atoms with van der Waals surface area (Å²) < 4.78 is 39.9. The zero-order valence-corrected chi connectivity index (χ0v) is 19.8. The Morgan fingerprint density at radius 1 is 1.22 bits per heavy atom. The number of halogens is 3. The second-order valence-electron chi connectivity index (χ2n) is 9.28. The summed E-state index contributed by atoms with van der Waals surface area (Å²) in [6.07, 6.45) is 0.547. The molecular weight excluding hydrogens is 477 g/mol. The predicted octanol–water partition coefficient (Wildman–Crippen LogP) is 3.82. The summed E-state index contributed by atoms with van der Waals surface area (Å²) in [7, 11) is 0. The highest BCUT2D eigenvalue weighted by molar-refractivity contribution is 5.87. The van der Waals surface area contributed by atoms with Crippen molar-refractivity contribution in [3.8, 4) is 11.1 Å². The number of aryl methyl sites for hydroxylation is 1. The van der Waals surface area contributed by atoms with Gasteiger partial charge in [-0.1, -0.05) is 0 Å². The van der Waals surface area contributed by atoms with E-state index in [0.717, 1.165) is 68.7 Å². The number of rotatable bonds is 3. The molecule has 0 bridgehead atoms. The van der Waals surface area contributed by atoms with E-state index in [4.69, 9.17) is 9.90 Å². The fourth-order valence-electron chi connectivity index (χ4n) is 4.84. The highest BCUT2D eigenvalue weighted by Gasteiger charge is 2.57. The van der Waals surface area contributed by atoms with E-state index in [9.17, 15) is 23.1 Å². The van der Waals surface area contributed by atoms with Gasteiger partial charge in [0.1, 0.15) is 5.65 Å². The summed E-state index contributed by atoms with van der Waals surface area (Å²) in [6.45, 7) is 3.19. The maximum Gasteiger partial charge on any atom is 0.426 e. The second kappa shape index (κ2) is 9.55. The number of carbonyl (C=O) groups is 2. The van der Waals surface area contributed by atoms with Gasteiger partial charge >= 0.3 is 6.18 Å². The van der Waals surface area contributed by atoms with Crippen LogP contribution in [0.5, 0.6) is 0 Å². The minimum atomic E-state index is -5.05. The number of pyridine rings is 1. The van der Waals surface area contributed by atoms with Gasteiger partial charge in [-0.05, 0) is 79.3 Å². The molecule has 1 saturated heterocycles. The largest absolute Gasteiger partial charge is 0.483 e. The Kier molecular flexibility index (Phi) is 6.80. The van der Waals surface area contributed by atoms with Crippen LogP contribution in [0.25, 0.3) is 22.2 Å². The van der Waals surface area contributed by atoms with Gasteiger partial charge in [0.2, 0.25) is 5.60 Å². The number of alkyl halides is 3. The Morgan fingerprint density at radius 3 is 2.58 bits per heavy atom. The number of aliphatic hydroxyl groups is 1. The molecule has 4 N–H and O–H groups in total. The number of nitrogens with one attached hydrogen (secondary N) is 2. The van der Waals surface area contributed by atoms with Crippen LogP contribution in [0.1, 0.15) is 48.1 Å². The van der Waals surface area contributed by atoms with E-state index in [1.165, 1.54) is 0 Å². The lowest BCUT2D eigenvalue weighted by Gasteiger charge is -2.29. The maximum atomic E-state index is 13.3. The van der Waals surface area contributed by atoms with Gasteiger partial charge in [-0.2, -0.15) is 13.2 Å². The topological polar surface area (TPSA) is 119 Å². The molecule has 4 heterocycles. The van der Waals surface area contributed by atoms with Crippen LogP contribution < -0.4 is 5.32 Å². The highest BCUT2D eigenvalue weighted by atomic mass is 19.4. The van der Waals surface area contributed by atoms with Gasteiger partial charge in [-0.25, -0.2) is 4.98 Å². The minimum absolute atomic E-state index is 0.0206. The number of H-pyrrole nitrogens is 1. The first kappa shape index (κ1) is 25.6. The van der Waals surface area contributed by atoms with Crippen LogP contribution >= 0.6 is 0 Å². The zero-order chi connectivity index (χ0) is 26.3. The van der Waals surface area contributed by atoms with E-state index in [1.54, 1.807) is 6.20 Å². The number of aromatic nitrogens is 2. The molecule has 192 valence electrons. The molecule has 0 saturated carbocycles. The molecule has 0 aliphatic carbocycles. The van der Waals surface area contributed by atoms with E-state index >= 15 is 0 Å². The lowest BCUT2D eigenvalue weighted by Crippen LogP contribution is -2.54. The van der Waals surface area contributed by atoms with Crippen molar-refractivity contribution in [1.29, 1.82) is 0 Å². The molecule has 0 radical (unpaired) electrons.